The van der Waals surface area contributed by atoms with Gasteiger partial charge in [0.1, 0.15) is 5.82 Å². The highest BCUT2D eigenvalue weighted by atomic mass is 32.2. The second-order valence-electron chi connectivity index (χ2n) is 4.80. The zero-order valence-electron chi connectivity index (χ0n) is 11.0. The van der Waals surface area contributed by atoms with Crippen molar-refractivity contribution in [2.75, 3.05) is 11.5 Å². The number of nitrogens with one attached hydrogen (secondary N) is 1. The smallest absolute Gasteiger partial charge is 0.233 e. The van der Waals surface area contributed by atoms with Crippen molar-refractivity contribution in [2.45, 2.75) is 29.5 Å². The van der Waals surface area contributed by atoms with E-state index >= 15 is 0 Å². The number of carbonyl (C=O) groups is 1. The molecule has 110 valence electrons. The second kappa shape index (κ2) is 6.13. The van der Waals surface area contributed by atoms with Crippen LogP contribution in [0.25, 0.3) is 0 Å². The predicted molar refractivity (Wildman–Crippen MR) is 76.9 cm³/mol. The highest BCUT2D eigenvalue weighted by Gasteiger charge is 2.30. The van der Waals surface area contributed by atoms with Crippen LogP contribution in [0, 0.1) is 5.82 Å². The molecule has 1 aliphatic rings. The van der Waals surface area contributed by atoms with Gasteiger partial charge in [-0.1, -0.05) is 12.1 Å². The van der Waals surface area contributed by atoms with E-state index in [2.05, 4.69) is 5.32 Å². The monoisotopic (exact) mass is 317 g/mol. The SMILES string of the molecule is C[C@H](Sc1ccccc1F)C(=O)N[C@H]1CCS(=O)(=O)C1. The molecule has 1 amide bonds. The fourth-order valence-corrected chi connectivity index (χ4v) is 4.58. The molecule has 0 saturated carbocycles. The molecule has 0 radical (unpaired) electrons. The van der Waals surface area contributed by atoms with E-state index in [-0.39, 0.29) is 29.3 Å². The molecule has 1 heterocycles. The largest absolute Gasteiger partial charge is 0.351 e. The van der Waals surface area contributed by atoms with Gasteiger partial charge in [-0.15, -0.1) is 11.8 Å². The molecule has 0 bridgehead atoms. The summed E-state index contributed by atoms with van der Waals surface area (Å²) >= 11 is 1.13. The molecule has 2 atom stereocenters. The summed E-state index contributed by atoms with van der Waals surface area (Å²) in [6.07, 6.45) is 0.450. The summed E-state index contributed by atoms with van der Waals surface area (Å²) in [4.78, 5) is 12.4. The molecule has 1 N–H and O–H groups in total. The fourth-order valence-electron chi connectivity index (χ4n) is 2.01. The third-order valence-corrected chi connectivity index (χ3v) is 6.01. The van der Waals surface area contributed by atoms with Gasteiger partial charge in [0, 0.05) is 10.9 Å². The quantitative estimate of drug-likeness (QED) is 0.857. The van der Waals surface area contributed by atoms with E-state index in [0.29, 0.717) is 11.3 Å². The summed E-state index contributed by atoms with van der Waals surface area (Å²) < 4.78 is 36.1. The maximum Gasteiger partial charge on any atom is 0.233 e. The minimum absolute atomic E-state index is 0.00414. The lowest BCUT2D eigenvalue weighted by molar-refractivity contribution is -0.120. The van der Waals surface area contributed by atoms with Gasteiger partial charge >= 0.3 is 0 Å². The predicted octanol–water partition coefficient (Wildman–Crippen LogP) is 1.61. The van der Waals surface area contributed by atoms with Crippen molar-refractivity contribution in [1.29, 1.82) is 0 Å². The lowest BCUT2D eigenvalue weighted by Crippen LogP contribution is -2.39. The Hall–Kier alpha value is -1.08. The Labute approximate surface area is 122 Å². The Balaban J connectivity index is 1.91. The van der Waals surface area contributed by atoms with Crippen LogP contribution in [-0.2, 0) is 14.6 Å². The molecule has 4 nitrogen and oxygen atoms in total. The molecule has 0 unspecified atom stereocenters. The number of halogens is 1. The summed E-state index contributed by atoms with van der Waals surface area (Å²) in [5.74, 6) is -0.510. The molecule has 0 spiro atoms. The molecular formula is C13H16FNO3S2. The van der Waals surface area contributed by atoms with Crippen LogP contribution in [0.1, 0.15) is 13.3 Å². The maximum absolute atomic E-state index is 13.5. The normalized spacial score (nSPS) is 22.4. The molecule has 0 aromatic heterocycles. The number of hydrogen-bond acceptors (Lipinski definition) is 4. The van der Waals surface area contributed by atoms with Crippen molar-refractivity contribution in [3.63, 3.8) is 0 Å². The topological polar surface area (TPSA) is 63.2 Å². The molecule has 1 aliphatic heterocycles. The van der Waals surface area contributed by atoms with Gasteiger partial charge < -0.3 is 5.32 Å². The molecule has 7 heteroatoms. The number of sulfone groups is 1. The summed E-state index contributed by atoms with van der Waals surface area (Å²) in [6, 6.07) is 5.93. The zero-order chi connectivity index (χ0) is 14.8. The van der Waals surface area contributed by atoms with Crippen LogP contribution >= 0.6 is 11.8 Å². The molecule has 1 aromatic rings. The van der Waals surface area contributed by atoms with Crippen LogP contribution < -0.4 is 5.32 Å². The van der Waals surface area contributed by atoms with Gasteiger partial charge in [-0.25, -0.2) is 12.8 Å². The lowest BCUT2D eigenvalue weighted by Gasteiger charge is -2.15. The molecule has 0 aliphatic carbocycles. The van der Waals surface area contributed by atoms with Crippen molar-refractivity contribution >= 4 is 27.5 Å². The van der Waals surface area contributed by atoms with Gasteiger partial charge in [-0.3, -0.25) is 4.79 Å². The Bertz CT molecular complexity index is 603. The van der Waals surface area contributed by atoms with Crippen LogP contribution in [0.5, 0.6) is 0 Å². The Morgan fingerprint density at radius 3 is 2.75 bits per heavy atom. The third kappa shape index (κ3) is 3.96. The maximum atomic E-state index is 13.5. The van der Waals surface area contributed by atoms with E-state index in [4.69, 9.17) is 0 Å². The Kier molecular flexibility index (Phi) is 4.70. The second-order valence-corrected chi connectivity index (χ2v) is 8.41. The molecule has 20 heavy (non-hydrogen) atoms. The summed E-state index contributed by atoms with van der Waals surface area (Å²) in [6.45, 7) is 1.68. The number of thioether (sulfide) groups is 1. The molecular weight excluding hydrogens is 301 g/mol. The Morgan fingerprint density at radius 1 is 1.45 bits per heavy atom. The van der Waals surface area contributed by atoms with Crippen LogP contribution in [0.4, 0.5) is 4.39 Å². The average Bonchev–Trinajstić information content (AvgIpc) is 2.71. The number of rotatable bonds is 4. The highest BCUT2D eigenvalue weighted by molar-refractivity contribution is 8.00. The van der Waals surface area contributed by atoms with Crippen LogP contribution in [-0.4, -0.2) is 37.1 Å². The van der Waals surface area contributed by atoms with Gasteiger partial charge in [0.05, 0.1) is 16.8 Å². The zero-order valence-corrected chi connectivity index (χ0v) is 12.6. The van der Waals surface area contributed by atoms with E-state index in [0.717, 1.165) is 11.8 Å². The Morgan fingerprint density at radius 2 is 2.15 bits per heavy atom. The van der Waals surface area contributed by atoms with Crippen LogP contribution in [0.2, 0.25) is 0 Å². The minimum atomic E-state index is -3.01. The van der Waals surface area contributed by atoms with Crippen molar-refractivity contribution in [3.8, 4) is 0 Å². The van der Waals surface area contributed by atoms with Gasteiger partial charge in [0.2, 0.25) is 5.91 Å². The van der Waals surface area contributed by atoms with Crippen LogP contribution in [0.3, 0.4) is 0 Å². The van der Waals surface area contributed by atoms with Gasteiger partial charge in [-0.2, -0.15) is 0 Å². The molecule has 1 aromatic carbocycles. The minimum Gasteiger partial charge on any atom is -0.351 e. The summed E-state index contributed by atoms with van der Waals surface area (Å²) in [7, 11) is -3.01. The van der Waals surface area contributed by atoms with E-state index in [1.807, 2.05) is 0 Å². The molecule has 2 rings (SSSR count). The van der Waals surface area contributed by atoms with E-state index < -0.39 is 15.1 Å². The van der Waals surface area contributed by atoms with Gasteiger partial charge in [-0.05, 0) is 25.5 Å². The van der Waals surface area contributed by atoms with Crippen molar-refractivity contribution < 1.29 is 17.6 Å². The average molecular weight is 317 g/mol. The first-order valence-corrected chi connectivity index (χ1v) is 8.99. The third-order valence-electron chi connectivity index (χ3n) is 3.09. The van der Waals surface area contributed by atoms with Gasteiger partial charge in [0.15, 0.2) is 9.84 Å². The van der Waals surface area contributed by atoms with Crippen molar-refractivity contribution in [2.24, 2.45) is 0 Å². The summed E-state index contributed by atoms with van der Waals surface area (Å²) in [5.41, 5.74) is 0. The van der Waals surface area contributed by atoms with E-state index in [1.165, 1.54) is 6.07 Å². The molecule has 1 fully saturated rings. The number of benzene rings is 1. The molecule has 1 saturated heterocycles. The first-order valence-electron chi connectivity index (χ1n) is 6.29. The van der Waals surface area contributed by atoms with Gasteiger partial charge in [0.25, 0.3) is 0 Å². The number of hydrogen-bond donors (Lipinski definition) is 1. The summed E-state index contributed by atoms with van der Waals surface area (Å²) in [5, 5.41) is 2.24. The fraction of sp³-hybridized carbons (Fsp3) is 0.462. The van der Waals surface area contributed by atoms with E-state index in [1.54, 1.807) is 25.1 Å². The highest BCUT2D eigenvalue weighted by Crippen LogP contribution is 2.26. The van der Waals surface area contributed by atoms with Crippen LogP contribution in [0.15, 0.2) is 29.2 Å². The van der Waals surface area contributed by atoms with Crippen molar-refractivity contribution in [1.82, 2.24) is 5.32 Å². The van der Waals surface area contributed by atoms with Crippen molar-refractivity contribution in [3.05, 3.63) is 30.1 Å². The number of carbonyl (C=O) groups excluding carboxylic acids is 1. The number of amides is 1. The van der Waals surface area contributed by atoms with E-state index in [9.17, 15) is 17.6 Å². The lowest BCUT2D eigenvalue weighted by atomic mass is 10.2. The first-order chi connectivity index (χ1) is 9.37. The standard InChI is InChI=1S/C13H16FNO3S2/c1-9(19-12-5-3-2-4-11(12)14)13(16)15-10-6-7-20(17,18)8-10/h2-5,9-10H,6-8H2,1H3,(H,15,16)/t9-,10-/m0/s1. The first kappa shape index (κ1) is 15.3.